The lowest BCUT2D eigenvalue weighted by atomic mass is 10.2. The highest BCUT2D eigenvalue weighted by Gasteiger charge is 2.08. The summed E-state index contributed by atoms with van der Waals surface area (Å²) in [5, 5.41) is 4.02. The number of furan rings is 1. The number of nitrogens with one attached hydrogen (secondary N) is 1. The molecule has 0 saturated heterocycles. The average molecular weight is 351 g/mol. The molecule has 1 aromatic heterocycles. The Morgan fingerprint density at radius 3 is 2.62 bits per heavy atom. The zero-order valence-corrected chi connectivity index (χ0v) is 15.5. The Balaban J connectivity index is 1.82. The van der Waals surface area contributed by atoms with E-state index in [0.29, 0.717) is 10.8 Å². The molecule has 132 valence electrons. The van der Waals surface area contributed by atoms with Gasteiger partial charge in [-0.25, -0.2) is 0 Å². The minimum atomic E-state index is 0.586. The van der Waals surface area contributed by atoms with E-state index in [-0.39, 0.29) is 0 Å². The zero-order valence-electron chi connectivity index (χ0n) is 14.8. The van der Waals surface area contributed by atoms with Gasteiger partial charge in [-0.2, -0.15) is 0 Å². The van der Waals surface area contributed by atoms with Gasteiger partial charge in [-0.1, -0.05) is 25.4 Å². The normalized spacial score (nSPS) is 11.2. The van der Waals surface area contributed by atoms with Gasteiger partial charge >= 0.3 is 0 Å². The fourth-order valence-electron chi connectivity index (χ4n) is 2.63. The maximum atomic E-state index is 6.17. The number of nitrogens with zero attached hydrogens (tertiary/aromatic N) is 1. The maximum absolute atomic E-state index is 6.17. The van der Waals surface area contributed by atoms with Crippen LogP contribution in [0.2, 0.25) is 5.02 Å². The van der Waals surface area contributed by atoms with E-state index in [4.69, 9.17) is 20.8 Å². The summed E-state index contributed by atoms with van der Waals surface area (Å²) in [7, 11) is 1.61. The first kappa shape index (κ1) is 18.8. The predicted molar refractivity (Wildman–Crippen MR) is 99.8 cm³/mol. The third-order valence-corrected chi connectivity index (χ3v) is 4.41. The highest BCUT2D eigenvalue weighted by atomic mass is 35.5. The molecule has 0 fully saturated rings. The minimum absolute atomic E-state index is 0.586. The Labute approximate surface area is 149 Å². The van der Waals surface area contributed by atoms with Crippen molar-refractivity contribution in [2.45, 2.75) is 26.8 Å². The van der Waals surface area contributed by atoms with Crippen LogP contribution in [0.15, 0.2) is 34.7 Å². The molecular weight excluding hydrogens is 324 g/mol. The Morgan fingerprint density at radius 1 is 1.17 bits per heavy atom. The van der Waals surface area contributed by atoms with E-state index < -0.39 is 0 Å². The van der Waals surface area contributed by atoms with Crippen LogP contribution in [0.1, 0.15) is 26.0 Å². The van der Waals surface area contributed by atoms with Crippen LogP contribution in [0.4, 0.5) is 0 Å². The number of rotatable bonds is 10. The lowest BCUT2D eigenvalue weighted by Gasteiger charge is -2.17. The first-order valence-corrected chi connectivity index (χ1v) is 8.91. The Morgan fingerprint density at radius 2 is 1.96 bits per heavy atom. The average Bonchev–Trinajstić information content (AvgIpc) is 3.07. The van der Waals surface area contributed by atoms with Crippen molar-refractivity contribution < 1.29 is 9.15 Å². The van der Waals surface area contributed by atoms with Crippen molar-refractivity contribution in [1.29, 1.82) is 0 Å². The number of ether oxygens (including phenoxy) is 1. The molecule has 2 rings (SSSR count). The Kier molecular flexibility index (Phi) is 7.63. The summed E-state index contributed by atoms with van der Waals surface area (Å²) >= 11 is 6.17. The lowest BCUT2D eigenvalue weighted by Crippen LogP contribution is -2.27. The number of hydrogen-bond acceptors (Lipinski definition) is 4. The maximum Gasteiger partial charge on any atom is 0.137 e. The molecule has 1 aromatic carbocycles. The molecule has 2 aromatic rings. The van der Waals surface area contributed by atoms with Gasteiger partial charge in [0.1, 0.15) is 17.3 Å². The van der Waals surface area contributed by atoms with Gasteiger partial charge in [-0.3, -0.25) is 0 Å². The van der Waals surface area contributed by atoms with Crippen LogP contribution in [-0.4, -0.2) is 38.2 Å². The first-order chi connectivity index (χ1) is 11.7. The van der Waals surface area contributed by atoms with Crippen molar-refractivity contribution in [1.82, 2.24) is 10.2 Å². The van der Waals surface area contributed by atoms with Crippen LogP contribution < -0.4 is 10.1 Å². The summed E-state index contributed by atoms with van der Waals surface area (Å²) in [5.74, 6) is 2.42. The van der Waals surface area contributed by atoms with Crippen molar-refractivity contribution in [2.24, 2.45) is 0 Å². The summed E-state index contributed by atoms with van der Waals surface area (Å²) in [6.07, 6.45) is 1.14. The van der Waals surface area contributed by atoms with E-state index in [9.17, 15) is 0 Å². The summed E-state index contributed by atoms with van der Waals surface area (Å²) in [6.45, 7) is 9.49. The molecule has 0 amide bonds. The molecule has 1 heterocycles. The standard InChI is InChI=1S/C19H27ClN2O2/c1-4-22(5-2)12-6-11-21-14-16-8-10-18(24-16)15-7-9-19(23-3)17(20)13-15/h7-10,13,21H,4-6,11-12,14H2,1-3H3. The summed E-state index contributed by atoms with van der Waals surface area (Å²) in [4.78, 5) is 2.43. The highest BCUT2D eigenvalue weighted by Crippen LogP contribution is 2.31. The highest BCUT2D eigenvalue weighted by molar-refractivity contribution is 6.32. The fraction of sp³-hybridized carbons (Fsp3) is 0.474. The molecule has 1 N–H and O–H groups in total. The van der Waals surface area contributed by atoms with Gasteiger partial charge in [-0.15, -0.1) is 0 Å². The third-order valence-electron chi connectivity index (χ3n) is 4.12. The SMILES string of the molecule is CCN(CC)CCCNCc1ccc(-c2ccc(OC)c(Cl)c2)o1. The monoisotopic (exact) mass is 350 g/mol. The molecule has 0 spiro atoms. The molecule has 0 aliphatic carbocycles. The second kappa shape index (κ2) is 9.72. The first-order valence-electron chi connectivity index (χ1n) is 8.53. The second-order valence-electron chi connectivity index (χ2n) is 5.67. The van der Waals surface area contributed by atoms with E-state index >= 15 is 0 Å². The van der Waals surface area contributed by atoms with Gasteiger partial charge in [0.15, 0.2) is 0 Å². The molecule has 4 nitrogen and oxygen atoms in total. The topological polar surface area (TPSA) is 37.6 Å². The molecule has 5 heteroatoms. The van der Waals surface area contributed by atoms with Crippen LogP contribution >= 0.6 is 11.6 Å². The van der Waals surface area contributed by atoms with Crippen molar-refractivity contribution in [3.63, 3.8) is 0 Å². The fourth-order valence-corrected chi connectivity index (χ4v) is 2.88. The van der Waals surface area contributed by atoms with E-state index in [0.717, 1.165) is 56.2 Å². The van der Waals surface area contributed by atoms with Gasteiger partial charge in [-0.05, 0) is 62.9 Å². The van der Waals surface area contributed by atoms with Crippen molar-refractivity contribution in [3.8, 4) is 17.1 Å². The van der Waals surface area contributed by atoms with E-state index in [1.54, 1.807) is 7.11 Å². The van der Waals surface area contributed by atoms with Crippen LogP contribution in [0.3, 0.4) is 0 Å². The Bertz CT molecular complexity index is 624. The van der Waals surface area contributed by atoms with Crippen molar-refractivity contribution in [2.75, 3.05) is 33.3 Å². The molecule has 0 bridgehead atoms. The smallest absolute Gasteiger partial charge is 0.137 e. The van der Waals surface area contributed by atoms with Gasteiger partial charge in [0.2, 0.25) is 0 Å². The van der Waals surface area contributed by atoms with Crippen LogP contribution in [0.5, 0.6) is 5.75 Å². The lowest BCUT2D eigenvalue weighted by molar-refractivity contribution is 0.297. The van der Waals surface area contributed by atoms with Crippen LogP contribution in [0, 0.1) is 0 Å². The quantitative estimate of drug-likeness (QED) is 0.643. The van der Waals surface area contributed by atoms with Gasteiger partial charge < -0.3 is 19.4 Å². The zero-order chi connectivity index (χ0) is 17.4. The van der Waals surface area contributed by atoms with E-state index in [2.05, 4.69) is 24.1 Å². The van der Waals surface area contributed by atoms with Gasteiger partial charge in [0, 0.05) is 5.56 Å². The number of benzene rings is 1. The summed E-state index contributed by atoms with van der Waals surface area (Å²) in [5.41, 5.74) is 0.952. The molecule has 0 radical (unpaired) electrons. The molecule has 0 aliphatic heterocycles. The van der Waals surface area contributed by atoms with Crippen molar-refractivity contribution in [3.05, 3.63) is 41.1 Å². The van der Waals surface area contributed by atoms with Gasteiger partial charge in [0.05, 0.1) is 18.7 Å². The molecular formula is C19H27ClN2O2. The summed E-state index contributed by atoms with van der Waals surface area (Å²) in [6, 6.07) is 9.65. The van der Waals surface area contributed by atoms with Crippen molar-refractivity contribution >= 4 is 11.6 Å². The third kappa shape index (κ3) is 5.26. The second-order valence-corrected chi connectivity index (χ2v) is 6.08. The molecule has 24 heavy (non-hydrogen) atoms. The molecule has 0 saturated carbocycles. The number of halogens is 1. The number of methoxy groups -OCH3 is 1. The molecule has 0 aliphatic rings. The van der Waals surface area contributed by atoms with Gasteiger partial charge in [0.25, 0.3) is 0 Å². The van der Waals surface area contributed by atoms with E-state index in [1.807, 2.05) is 30.3 Å². The predicted octanol–water partition coefficient (Wildman–Crippen LogP) is 4.43. The molecule has 0 atom stereocenters. The largest absolute Gasteiger partial charge is 0.495 e. The minimum Gasteiger partial charge on any atom is -0.495 e. The molecule has 0 unspecified atom stereocenters. The van der Waals surface area contributed by atoms with Crippen LogP contribution in [-0.2, 0) is 6.54 Å². The summed E-state index contributed by atoms with van der Waals surface area (Å²) < 4.78 is 11.1. The Hall–Kier alpha value is -1.49. The van der Waals surface area contributed by atoms with Crippen LogP contribution in [0.25, 0.3) is 11.3 Å². The van der Waals surface area contributed by atoms with E-state index in [1.165, 1.54) is 0 Å². The number of hydrogen-bond donors (Lipinski definition) is 1.